The minimum atomic E-state index is -1.26. The molecule has 0 aliphatic carbocycles. The van der Waals surface area contributed by atoms with Crippen LogP contribution in [0.5, 0.6) is 0 Å². The monoisotopic (exact) mass is 194 g/mol. The zero-order valence-electron chi connectivity index (χ0n) is 7.38. The molecule has 0 bridgehead atoms. The highest BCUT2D eigenvalue weighted by atomic mass is 32.1. The number of unbranched alkanes of at least 4 members (excludes halogenated alkanes) is 2. The lowest BCUT2D eigenvalue weighted by atomic mass is 10.3. The lowest BCUT2D eigenvalue weighted by Gasteiger charge is -2.09. The van der Waals surface area contributed by atoms with Crippen molar-refractivity contribution < 1.29 is 8.85 Å². The zero-order valence-corrected chi connectivity index (χ0v) is 9.43. The van der Waals surface area contributed by atoms with Crippen LogP contribution in [-0.4, -0.2) is 29.3 Å². The minimum absolute atomic E-state index is 0.992. The van der Waals surface area contributed by atoms with Gasteiger partial charge in [-0.05, 0) is 18.2 Å². The second kappa shape index (κ2) is 8.58. The van der Waals surface area contributed by atoms with Gasteiger partial charge in [-0.2, -0.15) is 12.6 Å². The van der Waals surface area contributed by atoms with Gasteiger partial charge >= 0.3 is 9.28 Å². The van der Waals surface area contributed by atoms with Crippen LogP contribution >= 0.6 is 12.6 Å². The van der Waals surface area contributed by atoms with E-state index < -0.39 is 9.28 Å². The number of hydrogen-bond donors (Lipinski definition) is 1. The van der Waals surface area contributed by atoms with Gasteiger partial charge in [-0.1, -0.05) is 12.8 Å². The highest BCUT2D eigenvalue weighted by Crippen LogP contribution is 2.05. The summed E-state index contributed by atoms with van der Waals surface area (Å²) in [6.45, 7) is 0. The Morgan fingerprint density at radius 3 is 2.18 bits per heavy atom. The Bertz CT molecular complexity index is 78.8. The average Bonchev–Trinajstić information content (AvgIpc) is 2.05. The van der Waals surface area contributed by atoms with Gasteiger partial charge in [0.05, 0.1) is 0 Å². The molecule has 0 fully saturated rings. The first-order valence-electron chi connectivity index (χ1n) is 4.01. The molecule has 0 saturated carbocycles. The Balaban J connectivity index is 3.07. The maximum Gasteiger partial charge on any atom is 0.320 e. The van der Waals surface area contributed by atoms with Crippen LogP contribution in [0.3, 0.4) is 0 Å². The first kappa shape index (κ1) is 11.5. The molecule has 0 aromatic heterocycles. The molecule has 0 spiro atoms. The van der Waals surface area contributed by atoms with Crippen LogP contribution in [0.4, 0.5) is 0 Å². The van der Waals surface area contributed by atoms with E-state index in [2.05, 4.69) is 12.6 Å². The topological polar surface area (TPSA) is 18.5 Å². The van der Waals surface area contributed by atoms with E-state index in [4.69, 9.17) is 8.85 Å². The largest absolute Gasteiger partial charge is 0.400 e. The summed E-state index contributed by atoms with van der Waals surface area (Å²) in [5, 5.41) is 0. The second-order valence-electron chi connectivity index (χ2n) is 2.47. The Kier molecular flexibility index (Phi) is 8.96. The van der Waals surface area contributed by atoms with Gasteiger partial charge in [0.25, 0.3) is 0 Å². The zero-order chi connectivity index (χ0) is 8.53. The van der Waals surface area contributed by atoms with E-state index in [0.717, 1.165) is 11.8 Å². The van der Waals surface area contributed by atoms with Crippen molar-refractivity contribution in [2.75, 3.05) is 20.0 Å². The van der Waals surface area contributed by atoms with E-state index in [0.29, 0.717) is 0 Å². The van der Waals surface area contributed by atoms with E-state index in [9.17, 15) is 0 Å². The first-order chi connectivity index (χ1) is 5.35. The van der Waals surface area contributed by atoms with E-state index in [1.807, 2.05) is 0 Å². The van der Waals surface area contributed by atoms with E-state index in [1.165, 1.54) is 19.3 Å². The van der Waals surface area contributed by atoms with Crippen LogP contribution in [-0.2, 0) is 8.85 Å². The average molecular weight is 194 g/mol. The summed E-state index contributed by atoms with van der Waals surface area (Å²) in [4.78, 5) is 0. The van der Waals surface area contributed by atoms with Crippen molar-refractivity contribution in [3.63, 3.8) is 0 Å². The quantitative estimate of drug-likeness (QED) is 0.377. The molecule has 0 aliphatic heterocycles. The standard InChI is InChI=1S/C7H18O2SSi/c1-8-11(9-2)7-5-3-4-6-10/h10-11H,3-7H2,1-2H3. The summed E-state index contributed by atoms with van der Waals surface area (Å²) in [7, 11) is 2.21. The molecule has 4 heteroatoms. The van der Waals surface area contributed by atoms with Crippen molar-refractivity contribution in [2.45, 2.75) is 25.3 Å². The van der Waals surface area contributed by atoms with Gasteiger partial charge in [0, 0.05) is 14.2 Å². The van der Waals surface area contributed by atoms with Crippen LogP contribution in [0.25, 0.3) is 0 Å². The fourth-order valence-corrected chi connectivity index (χ4v) is 2.44. The molecule has 0 N–H and O–H groups in total. The molecule has 68 valence electrons. The molecule has 0 aliphatic rings. The summed E-state index contributed by atoms with van der Waals surface area (Å²) >= 11 is 4.14. The van der Waals surface area contributed by atoms with Crippen LogP contribution in [0.15, 0.2) is 0 Å². The number of hydrogen-bond acceptors (Lipinski definition) is 3. The van der Waals surface area contributed by atoms with Gasteiger partial charge in [0.2, 0.25) is 0 Å². The predicted molar refractivity (Wildman–Crippen MR) is 53.7 cm³/mol. The van der Waals surface area contributed by atoms with Gasteiger partial charge < -0.3 is 8.85 Å². The Morgan fingerprint density at radius 2 is 1.73 bits per heavy atom. The molecular formula is C7H18O2SSi. The molecule has 0 amide bonds. The lowest BCUT2D eigenvalue weighted by Crippen LogP contribution is -2.18. The molecule has 0 rings (SSSR count). The van der Waals surface area contributed by atoms with Gasteiger partial charge in [-0.3, -0.25) is 0 Å². The molecule has 0 aromatic carbocycles. The van der Waals surface area contributed by atoms with Crippen molar-refractivity contribution in [2.24, 2.45) is 0 Å². The lowest BCUT2D eigenvalue weighted by molar-refractivity contribution is 0.276. The van der Waals surface area contributed by atoms with E-state index in [-0.39, 0.29) is 0 Å². The summed E-state index contributed by atoms with van der Waals surface area (Å²) < 4.78 is 10.4. The van der Waals surface area contributed by atoms with Crippen LogP contribution in [0.1, 0.15) is 19.3 Å². The van der Waals surface area contributed by atoms with Crippen LogP contribution in [0, 0.1) is 0 Å². The molecule has 0 radical (unpaired) electrons. The third kappa shape index (κ3) is 6.87. The summed E-state index contributed by atoms with van der Waals surface area (Å²) in [6.07, 6.45) is 3.68. The number of thiol groups is 1. The smallest absolute Gasteiger partial charge is 0.320 e. The summed E-state index contributed by atoms with van der Waals surface area (Å²) in [5.41, 5.74) is 0. The van der Waals surface area contributed by atoms with Crippen LogP contribution < -0.4 is 0 Å². The van der Waals surface area contributed by atoms with Crippen molar-refractivity contribution in [1.82, 2.24) is 0 Å². The molecule has 11 heavy (non-hydrogen) atoms. The molecule has 2 nitrogen and oxygen atoms in total. The molecule has 0 unspecified atom stereocenters. The first-order valence-corrected chi connectivity index (χ1v) is 6.40. The fourth-order valence-electron chi connectivity index (χ4n) is 0.932. The third-order valence-electron chi connectivity index (χ3n) is 1.62. The normalized spacial score (nSPS) is 10.9. The summed E-state index contributed by atoms with van der Waals surface area (Å²) in [5.74, 6) is 0.992. The maximum atomic E-state index is 5.18. The Hall–Kier alpha value is 0.487. The molecule has 0 atom stereocenters. The van der Waals surface area contributed by atoms with Crippen molar-refractivity contribution >= 4 is 21.9 Å². The van der Waals surface area contributed by atoms with Crippen molar-refractivity contribution in [3.8, 4) is 0 Å². The third-order valence-corrected chi connectivity index (χ3v) is 3.87. The highest BCUT2D eigenvalue weighted by Gasteiger charge is 2.07. The van der Waals surface area contributed by atoms with Gasteiger partial charge in [0.1, 0.15) is 0 Å². The molecule has 0 saturated heterocycles. The SMILES string of the molecule is CO[SiH](CCCCCS)OC. The Labute approximate surface area is 76.5 Å². The summed E-state index contributed by atoms with van der Waals surface area (Å²) in [6, 6.07) is 1.13. The molecule has 0 aromatic rings. The number of rotatable bonds is 7. The van der Waals surface area contributed by atoms with Gasteiger partial charge in [-0.15, -0.1) is 0 Å². The molecule has 0 heterocycles. The van der Waals surface area contributed by atoms with Crippen molar-refractivity contribution in [1.29, 1.82) is 0 Å². The Morgan fingerprint density at radius 1 is 1.09 bits per heavy atom. The van der Waals surface area contributed by atoms with E-state index in [1.54, 1.807) is 14.2 Å². The van der Waals surface area contributed by atoms with Crippen LogP contribution in [0.2, 0.25) is 6.04 Å². The van der Waals surface area contributed by atoms with Gasteiger partial charge in [0.15, 0.2) is 0 Å². The second-order valence-corrected chi connectivity index (χ2v) is 5.30. The molecular weight excluding hydrogens is 176 g/mol. The van der Waals surface area contributed by atoms with E-state index >= 15 is 0 Å². The highest BCUT2D eigenvalue weighted by molar-refractivity contribution is 7.80. The fraction of sp³-hybridized carbons (Fsp3) is 1.00. The maximum absolute atomic E-state index is 5.18. The van der Waals surface area contributed by atoms with Crippen molar-refractivity contribution in [3.05, 3.63) is 0 Å². The van der Waals surface area contributed by atoms with Gasteiger partial charge in [-0.25, -0.2) is 0 Å². The predicted octanol–water partition coefficient (Wildman–Crippen LogP) is 1.60. The minimum Gasteiger partial charge on any atom is -0.400 e.